The van der Waals surface area contributed by atoms with Crippen molar-refractivity contribution in [3.8, 4) is 6.01 Å². The van der Waals surface area contributed by atoms with Crippen LogP contribution in [0.3, 0.4) is 0 Å². The highest BCUT2D eigenvalue weighted by molar-refractivity contribution is 5.17. The Kier molecular flexibility index (Phi) is 6.01. The summed E-state index contributed by atoms with van der Waals surface area (Å²) in [7, 11) is 0. The van der Waals surface area contributed by atoms with Gasteiger partial charge in [0.1, 0.15) is 6.61 Å². The highest BCUT2D eigenvalue weighted by atomic mass is 19.4. The molecule has 0 aliphatic heterocycles. The minimum absolute atomic E-state index is 0.0130. The van der Waals surface area contributed by atoms with Crippen LogP contribution in [0.2, 0.25) is 0 Å². The van der Waals surface area contributed by atoms with Crippen LogP contribution in [0.15, 0.2) is 6.20 Å². The third kappa shape index (κ3) is 6.37. The average molecular weight is 277 g/mol. The molecule has 1 heterocycles. The lowest BCUT2D eigenvalue weighted by Crippen LogP contribution is -2.16. The van der Waals surface area contributed by atoms with Crippen molar-refractivity contribution in [2.75, 3.05) is 13.2 Å². The third-order valence-electron chi connectivity index (χ3n) is 2.42. The fraction of sp³-hybridized carbons (Fsp3) is 0.667. The van der Waals surface area contributed by atoms with Crippen molar-refractivity contribution in [3.63, 3.8) is 0 Å². The predicted molar refractivity (Wildman–Crippen MR) is 64.9 cm³/mol. The highest BCUT2D eigenvalue weighted by Gasteiger charge is 2.27. The Morgan fingerprint density at radius 2 is 2.11 bits per heavy atom. The van der Waals surface area contributed by atoms with Crippen LogP contribution < -0.4 is 10.1 Å². The van der Waals surface area contributed by atoms with E-state index in [1.165, 1.54) is 0 Å². The molecule has 0 bridgehead atoms. The van der Waals surface area contributed by atoms with Crippen molar-refractivity contribution in [2.24, 2.45) is 0 Å². The average Bonchev–Trinajstić information content (AvgIpc) is 2.30. The molecule has 4 nitrogen and oxygen atoms in total. The molecule has 1 rings (SSSR count). The molecule has 1 aromatic rings. The summed E-state index contributed by atoms with van der Waals surface area (Å²) in [5, 5.41) is 3.21. The molecule has 1 N–H and O–H groups in total. The van der Waals surface area contributed by atoms with E-state index in [4.69, 9.17) is 4.74 Å². The molecule has 0 aromatic carbocycles. The van der Waals surface area contributed by atoms with E-state index in [9.17, 15) is 13.2 Å². The van der Waals surface area contributed by atoms with Gasteiger partial charge < -0.3 is 10.1 Å². The van der Waals surface area contributed by atoms with Gasteiger partial charge in [0.25, 0.3) is 0 Å². The first-order valence-electron chi connectivity index (χ1n) is 6.15. The van der Waals surface area contributed by atoms with Gasteiger partial charge in [0.15, 0.2) is 0 Å². The number of alkyl halides is 3. The monoisotopic (exact) mass is 277 g/mol. The Hall–Kier alpha value is -1.37. The summed E-state index contributed by atoms with van der Waals surface area (Å²) in [5.74, 6) is 0. The van der Waals surface area contributed by atoms with Gasteiger partial charge in [-0.25, -0.2) is 9.97 Å². The topological polar surface area (TPSA) is 47.0 Å². The van der Waals surface area contributed by atoms with Gasteiger partial charge in [0, 0.05) is 24.0 Å². The quantitative estimate of drug-likeness (QED) is 0.778. The Bertz CT molecular complexity index is 396. The summed E-state index contributed by atoms with van der Waals surface area (Å²) >= 11 is 0. The van der Waals surface area contributed by atoms with Crippen molar-refractivity contribution >= 4 is 0 Å². The number of ether oxygens (including phenoxy) is 1. The van der Waals surface area contributed by atoms with Crippen LogP contribution in [0.1, 0.15) is 31.0 Å². The number of hydrogen-bond acceptors (Lipinski definition) is 4. The standard InChI is InChI=1S/C12H18F3N3O/c1-3-5-16-7-10-8-17-11(18-9(10)2)19-6-4-12(13,14)15/h8,16H,3-7H2,1-2H3. The Labute approximate surface area is 110 Å². The summed E-state index contributed by atoms with van der Waals surface area (Å²) in [6.45, 7) is 4.91. The van der Waals surface area contributed by atoms with Crippen molar-refractivity contribution in [3.05, 3.63) is 17.5 Å². The summed E-state index contributed by atoms with van der Waals surface area (Å²) in [5.41, 5.74) is 1.62. The smallest absolute Gasteiger partial charge is 0.392 e. The lowest BCUT2D eigenvalue weighted by Gasteiger charge is -2.09. The first kappa shape index (κ1) is 15.7. The summed E-state index contributed by atoms with van der Waals surface area (Å²) < 4.78 is 40.7. The second kappa shape index (κ2) is 7.28. The van der Waals surface area contributed by atoms with E-state index < -0.39 is 19.2 Å². The van der Waals surface area contributed by atoms with Crippen LogP contribution in [-0.2, 0) is 6.54 Å². The molecule has 7 heteroatoms. The molecule has 0 saturated carbocycles. The van der Waals surface area contributed by atoms with Gasteiger partial charge in [-0.1, -0.05) is 6.92 Å². The van der Waals surface area contributed by atoms with Gasteiger partial charge in [-0.05, 0) is 19.9 Å². The van der Waals surface area contributed by atoms with Gasteiger partial charge in [-0.2, -0.15) is 13.2 Å². The molecule has 1 aromatic heterocycles. The Morgan fingerprint density at radius 3 is 2.68 bits per heavy atom. The minimum atomic E-state index is -4.22. The predicted octanol–water partition coefficient (Wildman–Crippen LogP) is 2.62. The Morgan fingerprint density at radius 1 is 1.37 bits per heavy atom. The lowest BCUT2D eigenvalue weighted by atomic mass is 10.2. The first-order chi connectivity index (χ1) is 8.92. The van der Waals surface area contributed by atoms with Crippen molar-refractivity contribution in [1.29, 1.82) is 0 Å². The fourth-order valence-corrected chi connectivity index (χ4v) is 1.37. The van der Waals surface area contributed by atoms with Gasteiger partial charge in [-0.3, -0.25) is 0 Å². The van der Waals surface area contributed by atoms with Gasteiger partial charge in [0.05, 0.1) is 6.42 Å². The lowest BCUT2D eigenvalue weighted by molar-refractivity contribution is -0.139. The summed E-state index contributed by atoms with van der Waals surface area (Å²) in [6, 6.07) is -0.0130. The van der Waals surface area contributed by atoms with Gasteiger partial charge in [0.2, 0.25) is 0 Å². The number of nitrogens with one attached hydrogen (secondary N) is 1. The van der Waals surface area contributed by atoms with E-state index in [1.54, 1.807) is 13.1 Å². The molecule has 19 heavy (non-hydrogen) atoms. The summed E-state index contributed by atoms with van der Waals surface area (Å²) in [4.78, 5) is 7.93. The maximum Gasteiger partial charge on any atom is 0.392 e. The number of nitrogens with zero attached hydrogens (tertiary/aromatic N) is 2. The van der Waals surface area contributed by atoms with Crippen LogP contribution in [0.4, 0.5) is 13.2 Å². The molecule has 0 atom stereocenters. The second-order valence-corrected chi connectivity index (χ2v) is 4.15. The normalized spacial score (nSPS) is 11.6. The maximum absolute atomic E-state index is 11.9. The molecule has 0 unspecified atom stereocenters. The van der Waals surface area contributed by atoms with Gasteiger partial charge in [-0.15, -0.1) is 0 Å². The SMILES string of the molecule is CCCNCc1cnc(OCCC(F)(F)F)nc1C. The summed E-state index contributed by atoms with van der Waals surface area (Å²) in [6.07, 6.45) is -2.62. The van der Waals surface area contributed by atoms with E-state index >= 15 is 0 Å². The molecule has 0 saturated heterocycles. The van der Waals surface area contributed by atoms with Gasteiger partial charge >= 0.3 is 12.2 Å². The number of halogens is 3. The zero-order valence-electron chi connectivity index (χ0n) is 11.0. The van der Waals surface area contributed by atoms with E-state index in [-0.39, 0.29) is 6.01 Å². The minimum Gasteiger partial charge on any atom is -0.463 e. The number of hydrogen-bond donors (Lipinski definition) is 1. The number of rotatable bonds is 7. The van der Waals surface area contributed by atoms with Crippen molar-refractivity contribution < 1.29 is 17.9 Å². The van der Waals surface area contributed by atoms with Crippen LogP contribution in [0, 0.1) is 6.92 Å². The molecule has 0 fully saturated rings. The maximum atomic E-state index is 11.9. The van der Waals surface area contributed by atoms with E-state index in [1.807, 2.05) is 0 Å². The fourth-order valence-electron chi connectivity index (χ4n) is 1.37. The molecule has 0 aliphatic carbocycles. The largest absolute Gasteiger partial charge is 0.463 e. The van der Waals surface area contributed by atoms with Crippen LogP contribution in [0.5, 0.6) is 6.01 Å². The van der Waals surface area contributed by atoms with Crippen LogP contribution in [-0.4, -0.2) is 29.3 Å². The third-order valence-corrected chi connectivity index (χ3v) is 2.42. The highest BCUT2D eigenvalue weighted by Crippen LogP contribution is 2.19. The molecule has 0 amide bonds. The molecular formula is C12H18F3N3O. The molecule has 108 valence electrons. The van der Waals surface area contributed by atoms with Crippen molar-refractivity contribution in [1.82, 2.24) is 15.3 Å². The van der Waals surface area contributed by atoms with E-state index in [0.29, 0.717) is 12.2 Å². The molecule has 0 aliphatic rings. The van der Waals surface area contributed by atoms with Crippen molar-refractivity contribution in [2.45, 2.75) is 39.4 Å². The second-order valence-electron chi connectivity index (χ2n) is 4.15. The van der Waals surface area contributed by atoms with Crippen LogP contribution >= 0.6 is 0 Å². The Balaban J connectivity index is 2.47. The zero-order chi connectivity index (χ0) is 14.3. The van der Waals surface area contributed by atoms with E-state index in [0.717, 1.165) is 18.5 Å². The molecule has 0 spiro atoms. The molecule has 0 radical (unpaired) electrons. The number of aromatic nitrogens is 2. The zero-order valence-corrected chi connectivity index (χ0v) is 11.0. The first-order valence-corrected chi connectivity index (χ1v) is 6.15. The van der Waals surface area contributed by atoms with E-state index in [2.05, 4.69) is 22.2 Å². The number of aryl methyl sites for hydroxylation is 1. The van der Waals surface area contributed by atoms with Crippen LogP contribution in [0.25, 0.3) is 0 Å². The molecular weight excluding hydrogens is 259 g/mol.